The van der Waals surface area contributed by atoms with Crippen LogP contribution in [0.1, 0.15) is 0 Å². The summed E-state index contributed by atoms with van der Waals surface area (Å²) in [7, 11) is 0. The van der Waals surface area contributed by atoms with Crippen LogP contribution in [-0.4, -0.2) is 29.9 Å². The van der Waals surface area contributed by atoms with Crippen LogP contribution < -0.4 is 14.7 Å². The van der Waals surface area contributed by atoms with Gasteiger partial charge < -0.3 is 14.7 Å². The minimum absolute atomic E-state index is 0.868. The summed E-state index contributed by atoms with van der Waals surface area (Å²) in [6.45, 7) is 0. The predicted molar refractivity (Wildman–Crippen MR) is 580 cm³/mol. The van der Waals surface area contributed by atoms with E-state index in [1.165, 1.54) is 121 Å². The van der Waals surface area contributed by atoms with Crippen molar-refractivity contribution in [1.29, 1.82) is 0 Å². The minimum Gasteiger partial charge on any atom is -0.309 e. The van der Waals surface area contributed by atoms with E-state index < -0.39 is 0 Å². The van der Waals surface area contributed by atoms with Crippen LogP contribution in [0.25, 0.3) is 221 Å². The van der Waals surface area contributed by atoms with Gasteiger partial charge in [0.15, 0.2) is 0 Å². The number of hydrogen-bond acceptors (Lipinski definition) is 9. The summed E-state index contributed by atoms with van der Waals surface area (Å²) in [5.41, 5.74) is 37.2. The lowest BCUT2D eigenvalue weighted by molar-refractivity contribution is 1.28. The van der Waals surface area contributed by atoms with E-state index in [2.05, 4.69) is 439 Å². The fourth-order valence-corrected chi connectivity index (χ4v) is 21.6. The lowest BCUT2D eigenvalue weighted by Gasteiger charge is -2.34. The van der Waals surface area contributed by atoms with E-state index in [9.17, 15) is 0 Å². The molecule has 29 rings (SSSR count). The highest BCUT2D eigenvalue weighted by Crippen LogP contribution is 2.58. The Hall–Kier alpha value is -18.7. The smallest absolute Gasteiger partial charge is 0.0980 e. The van der Waals surface area contributed by atoms with Crippen LogP contribution in [0.5, 0.6) is 0 Å². The molecule has 0 saturated heterocycles. The molecule has 139 heavy (non-hydrogen) atoms. The summed E-state index contributed by atoms with van der Waals surface area (Å²) >= 11 is 0. The molecular weight excluding hydrogens is 1690 g/mol. The molecular formula is C130H81N9. The van der Waals surface area contributed by atoms with Crippen LogP contribution in [0, 0.1) is 0 Å². The van der Waals surface area contributed by atoms with Gasteiger partial charge in [-0.2, -0.15) is 0 Å². The number of nitrogens with zero attached hydrogens (tertiary/aromatic N) is 9. The maximum Gasteiger partial charge on any atom is 0.0980 e. The summed E-state index contributed by atoms with van der Waals surface area (Å²) in [5, 5.41) is 16.8. The van der Waals surface area contributed by atoms with E-state index in [-0.39, 0.29) is 0 Å². The summed E-state index contributed by atoms with van der Waals surface area (Å²) in [6, 6.07) is 175. The van der Waals surface area contributed by atoms with Crippen molar-refractivity contribution in [2.75, 3.05) is 14.7 Å². The van der Waals surface area contributed by atoms with Gasteiger partial charge in [0.25, 0.3) is 0 Å². The van der Waals surface area contributed by atoms with Crippen LogP contribution in [0.3, 0.4) is 0 Å². The molecule has 0 aliphatic carbocycles. The molecule has 0 unspecified atom stereocenters. The minimum atomic E-state index is 0.868. The van der Waals surface area contributed by atoms with Gasteiger partial charge in [-0.15, -0.1) is 0 Å². The SMILES string of the molecule is c1ccc(-c2ccc(-c3nc4ccccc4nc3-c3cc(N4c5ccccc5-c5cccc6cccc4c56)cc4ccccc34)cc2)cc1.c1ccc(-c2nc3ccccc3nc2-c2cccc3c(N4c5ccccc5-c5cccc6cccc4c56)cccc23)cc1.c1ccc2c(c1)-c1cccc3cccc(c13)N2c1ccc(-c2nc3ccccc3nc2-c2ccc3ccccc3c2)c2ccccc12. The molecule has 9 heteroatoms. The molecule has 3 aliphatic rings. The van der Waals surface area contributed by atoms with Gasteiger partial charge in [0.05, 0.1) is 113 Å². The fraction of sp³-hybridized carbons (Fsp3) is 0. The molecule has 23 aromatic carbocycles. The quantitative estimate of drug-likeness (QED) is 0.133. The summed E-state index contributed by atoms with van der Waals surface area (Å²) in [4.78, 5) is 38.9. The number of benzene rings is 23. The van der Waals surface area contributed by atoms with Gasteiger partial charge >= 0.3 is 0 Å². The molecule has 0 saturated carbocycles. The fourth-order valence-electron chi connectivity index (χ4n) is 21.6. The molecule has 0 radical (unpaired) electrons. The summed E-state index contributed by atoms with van der Waals surface area (Å²) < 4.78 is 0. The van der Waals surface area contributed by atoms with Crippen LogP contribution >= 0.6 is 0 Å². The Kier molecular flexibility index (Phi) is 19.1. The zero-order chi connectivity index (χ0) is 91.5. The lowest BCUT2D eigenvalue weighted by atomic mass is 9.90. The molecule has 0 bridgehead atoms. The van der Waals surface area contributed by atoms with Crippen molar-refractivity contribution in [3.8, 4) is 112 Å². The lowest BCUT2D eigenvalue weighted by Crippen LogP contribution is -2.15. The van der Waals surface area contributed by atoms with E-state index in [4.69, 9.17) is 29.9 Å². The first-order valence-corrected chi connectivity index (χ1v) is 47.3. The average molecular weight is 1770 g/mol. The molecule has 3 aliphatic heterocycles. The van der Waals surface area contributed by atoms with E-state index >= 15 is 0 Å². The summed E-state index contributed by atoms with van der Waals surface area (Å²) in [6.07, 6.45) is 0. The van der Waals surface area contributed by atoms with Crippen molar-refractivity contribution in [2.45, 2.75) is 0 Å². The number of para-hydroxylation sites is 9. The second-order valence-corrected chi connectivity index (χ2v) is 35.8. The van der Waals surface area contributed by atoms with E-state index in [0.29, 0.717) is 0 Å². The number of rotatable bonds is 10. The van der Waals surface area contributed by atoms with Gasteiger partial charge in [0.2, 0.25) is 0 Å². The van der Waals surface area contributed by atoms with E-state index in [0.717, 1.165) is 150 Å². The van der Waals surface area contributed by atoms with Crippen molar-refractivity contribution in [2.24, 2.45) is 0 Å². The molecule has 0 N–H and O–H groups in total. The first kappa shape index (κ1) is 80.0. The Bertz CT molecular complexity index is 9490. The normalized spacial score (nSPS) is 12.1. The van der Waals surface area contributed by atoms with E-state index in [1.807, 2.05) is 66.7 Å². The van der Waals surface area contributed by atoms with Crippen molar-refractivity contribution >= 4 is 160 Å². The highest BCUT2D eigenvalue weighted by atomic mass is 15.2. The van der Waals surface area contributed by atoms with Crippen LogP contribution in [0.15, 0.2) is 491 Å². The third-order valence-corrected chi connectivity index (χ3v) is 27.9. The standard InChI is InChI=1S/C46H29N3.C44H27N3.C40H25N3/c1-2-12-30(13-3-1)31-24-26-33(27-25-31)45-46(48-41-21-8-7-20-40(41)47-45)39-29-35(28-34-14-4-5-17-36(34)39)49-42-22-9-6-18-37(42)38-19-10-15-32-16-11-23-43(49)44(32)38;1-2-12-30-27-31(24-23-28(30)11-1)43-44(46-38-20-7-6-19-37(38)45-43)36-25-26-40(33-16-4-3-15-32(33)36)47-39-21-8-5-17-34(39)35-18-9-13-29-14-10-22-41(47)42(29)35;1-2-12-27(13-3-1)39-40(42-34-22-6-5-21-33(34)41-39)32-20-10-18-29-28(32)17-11-24-36(29)43-35-23-7-4-16-30(35)31-19-8-14-26-15-9-25-37(43)38(26)31/h1-29H;1-27H;1-25H. The highest BCUT2D eigenvalue weighted by Gasteiger charge is 2.33. The average Bonchev–Trinajstić information content (AvgIpc) is 0.722. The Balaban J connectivity index is 0.000000105. The molecule has 0 amide bonds. The number of aromatic nitrogens is 6. The number of hydrogen-bond donors (Lipinski definition) is 0. The largest absolute Gasteiger partial charge is 0.309 e. The first-order chi connectivity index (χ1) is 69.0. The van der Waals surface area contributed by atoms with Crippen molar-refractivity contribution in [3.05, 3.63) is 491 Å². The predicted octanol–water partition coefficient (Wildman–Crippen LogP) is 35.0. The molecule has 0 atom stereocenters. The van der Waals surface area contributed by atoms with Crippen LogP contribution in [0.4, 0.5) is 51.2 Å². The van der Waals surface area contributed by atoms with Gasteiger partial charge in [-0.3, -0.25) is 0 Å². The Morgan fingerprint density at radius 3 is 0.942 bits per heavy atom. The maximum atomic E-state index is 5.38. The van der Waals surface area contributed by atoms with Gasteiger partial charge in [-0.05, 0) is 185 Å². The molecule has 0 fully saturated rings. The molecule has 26 aromatic rings. The molecule has 9 nitrogen and oxygen atoms in total. The zero-order valence-corrected chi connectivity index (χ0v) is 75.3. The maximum absolute atomic E-state index is 5.38. The Morgan fingerprint density at radius 2 is 0.424 bits per heavy atom. The van der Waals surface area contributed by atoms with Crippen molar-refractivity contribution in [1.82, 2.24) is 29.9 Å². The molecule has 0 spiro atoms. The first-order valence-electron chi connectivity index (χ1n) is 47.3. The van der Waals surface area contributed by atoms with Gasteiger partial charge in [0.1, 0.15) is 0 Å². The molecule has 3 aromatic heterocycles. The van der Waals surface area contributed by atoms with Crippen molar-refractivity contribution < 1.29 is 0 Å². The van der Waals surface area contributed by atoms with E-state index in [1.54, 1.807) is 0 Å². The van der Waals surface area contributed by atoms with Crippen molar-refractivity contribution in [3.63, 3.8) is 0 Å². The van der Waals surface area contributed by atoms with Crippen LogP contribution in [-0.2, 0) is 0 Å². The monoisotopic (exact) mass is 1770 g/mol. The molecule has 6 heterocycles. The highest BCUT2D eigenvalue weighted by molar-refractivity contribution is 6.21. The van der Waals surface area contributed by atoms with Crippen LogP contribution in [0.2, 0.25) is 0 Å². The Morgan fingerprint density at radius 1 is 0.129 bits per heavy atom. The van der Waals surface area contributed by atoms with Gasteiger partial charge in [0, 0.05) is 82.7 Å². The molecule has 646 valence electrons. The third-order valence-electron chi connectivity index (χ3n) is 27.9. The third kappa shape index (κ3) is 13.5. The number of fused-ring (bicyclic) bond motifs is 13. The summed E-state index contributed by atoms with van der Waals surface area (Å²) in [5.74, 6) is 0. The number of anilines is 9. The zero-order valence-electron chi connectivity index (χ0n) is 75.3. The topological polar surface area (TPSA) is 87.1 Å². The van der Waals surface area contributed by atoms with Gasteiger partial charge in [-0.1, -0.05) is 382 Å². The second kappa shape index (κ2) is 33.2. The Labute approximate surface area is 802 Å². The second-order valence-electron chi connectivity index (χ2n) is 35.8. The van der Waals surface area contributed by atoms with Gasteiger partial charge in [-0.25, -0.2) is 29.9 Å².